The molecule has 0 aromatic carbocycles. The summed E-state index contributed by atoms with van der Waals surface area (Å²) in [7, 11) is 0. The number of hydrogen-bond donors (Lipinski definition) is 0. The van der Waals surface area contributed by atoms with Crippen LogP contribution in [0.1, 0.15) is 16.3 Å². The van der Waals surface area contributed by atoms with Gasteiger partial charge in [-0.05, 0) is 32.0 Å². The molecule has 0 aliphatic heterocycles. The van der Waals surface area contributed by atoms with Gasteiger partial charge in [-0.25, -0.2) is 4.68 Å². The van der Waals surface area contributed by atoms with E-state index in [0.717, 1.165) is 16.3 Å². The zero-order valence-electron chi connectivity index (χ0n) is 11.2. The lowest BCUT2D eigenvalue weighted by molar-refractivity contribution is 0.365. The van der Waals surface area contributed by atoms with E-state index >= 15 is 0 Å². The molecule has 20 heavy (non-hydrogen) atoms. The molecular weight excluding hydrogens is 274 g/mol. The van der Waals surface area contributed by atoms with Crippen LogP contribution >= 0.6 is 11.3 Å². The Balaban J connectivity index is 1.96. The highest BCUT2D eigenvalue weighted by Crippen LogP contribution is 2.25. The average Bonchev–Trinajstić information content (AvgIpc) is 3.01. The number of aromatic nitrogens is 3. The van der Waals surface area contributed by atoms with Gasteiger partial charge in [0.2, 0.25) is 0 Å². The first-order valence-electron chi connectivity index (χ1n) is 6.19. The molecule has 5 nitrogen and oxygen atoms in total. The largest absolute Gasteiger partial charge is 0.359 e. The highest BCUT2D eigenvalue weighted by molar-refractivity contribution is 7.15. The number of aryl methyl sites for hydroxylation is 2. The average molecular weight is 287 g/mol. The normalized spacial score (nSPS) is 10.9. The molecule has 3 heterocycles. The second kappa shape index (κ2) is 5.05. The smallest absolute Gasteiger partial charge is 0.267 e. The molecule has 0 aliphatic rings. The predicted molar refractivity (Wildman–Crippen MR) is 76.9 cm³/mol. The Morgan fingerprint density at radius 1 is 1.25 bits per heavy atom. The van der Waals surface area contributed by atoms with Crippen LogP contribution in [0.4, 0.5) is 0 Å². The first-order chi connectivity index (χ1) is 9.61. The standard InChI is InChI=1S/C14H13N3O2S/c1-9-7-11(19-16-9)8-17-14(18)6-4-12(15-17)13-5-3-10(2)20-13/h3-7H,8H2,1-2H3. The fourth-order valence-corrected chi connectivity index (χ4v) is 2.74. The van der Waals surface area contributed by atoms with Crippen LogP contribution in [0, 0.1) is 13.8 Å². The number of rotatable bonds is 3. The third kappa shape index (κ3) is 2.55. The number of nitrogens with zero attached hydrogens (tertiary/aromatic N) is 3. The third-order valence-electron chi connectivity index (χ3n) is 2.84. The van der Waals surface area contributed by atoms with E-state index in [9.17, 15) is 4.79 Å². The van der Waals surface area contributed by atoms with Gasteiger partial charge >= 0.3 is 0 Å². The summed E-state index contributed by atoms with van der Waals surface area (Å²) in [4.78, 5) is 14.1. The highest BCUT2D eigenvalue weighted by atomic mass is 32.1. The first kappa shape index (κ1) is 12.8. The van der Waals surface area contributed by atoms with Crippen molar-refractivity contribution in [3.8, 4) is 10.6 Å². The van der Waals surface area contributed by atoms with E-state index in [4.69, 9.17) is 4.52 Å². The second-order valence-electron chi connectivity index (χ2n) is 4.56. The van der Waals surface area contributed by atoms with Crippen molar-refractivity contribution in [2.45, 2.75) is 20.4 Å². The van der Waals surface area contributed by atoms with E-state index in [-0.39, 0.29) is 12.1 Å². The van der Waals surface area contributed by atoms with Crippen molar-refractivity contribution >= 4 is 11.3 Å². The van der Waals surface area contributed by atoms with Gasteiger partial charge in [-0.3, -0.25) is 4.79 Å². The molecule has 6 heteroatoms. The van der Waals surface area contributed by atoms with E-state index in [1.54, 1.807) is 23.5 Å². The van der Waals surface area contributed by atoms with Gasteiger partial charge in [-0.1, -0.05) is 5.16 Å². The van der Waals surface area contributed by atoms with Crippen LogP contribution in [-0.2, 0) is 6.54 Å². The highest BCUT2D eigenvalue weighted by Gasteiger charge is 2.08. The second-order valence-corrected chi connectivity index (χ2v) is 5.85. The van der Waals surface area contributed by atoms with Crippen molar-refractivity contribution in [3.05, 3.63) is 57.0 Å². The van der Waals surface area contributed by atoms with Gasteiger partial charge in [0.05, 0.1) is 10.6 Å². The molecule has 3 aromatic rings. The van der Waals surface area contributed by atoms with Crippen LogP contribution in [0.5, 0.6) is 0 Å². The van der Waals surface area contributed by atoms with Crippen molar-refractivity contribution in [2.75, 3.05) is 0 Å². The lowest BCUT2D eigenvalue weighted by atomic mass is 10.3. The van der Waals surface area contributed by atoms with Crippen LogP contribution in [0.3, 0.4) is 0 Å². The summed E-state index contributed by atoms with van der Waals surface area (Å²) < 4.78 is 6.52. The predicted octanol–water partition coefficient (Wildman–Crippen LogP) is 2.62. The zero-order valence-corrected chi connectivity index (χ0v) is 12.0. The third-order valence-corrected chi connectivity index (χ3v) is 3.86. The fourth-order valence-electron chi connectivity index (χ4n) is 1.90. The van der Waals surface area contributed by atoms with E-state index < -0.39 is 0 Å². The lowest BCUT2D eigenvalue weighted by Gasteiger charge is -2.03. The van der Waals surface area contributed by atoms with Gasteiger partial charge in [0.25, 0.3) is 5.56 Å². The van der Waals surface area contributed by atoms with Crippen LogP contribution in [0.25, 0.3) is 10.6 Å². The van der Waals surface area contributed by atoms with Gasteiger partial charge in [-0.15, -0.1) is 11.3 Å². The van der Waals surface area contributed by atoms with Crippen LogP contribution < -0.4 is 5.56 Å². The molecule has 0 N–H and O–H groups in total. The molecule has 0 amide bonds. The summed E-state index contributed by atoms with van der Waals surface area (Å²) in [5, 5.41) is 8.20. The van der Waals surface area contributed by atoms with Gasteiger partial charge < -0.3 is 4.52 Å². The maximum atomic E-state index is 11.9. The minimum absolute atomic E-state index is 0.156. The molecule has 0 spiro atoms. The Hall–Kier alpha value is -2.21. The van der Waals surface area contributed by atoms with Crippen LogP contribution in [-0.4, -0.2) is 14.9 Å². The summed E-state index contributed by atoms with van der Waals surface area (Å²) in [5.41, 5.74) is 1.42. The minimum atomic E-state index is -0.156. The Morgan fingerprint density at radius 2 is 2.10 bits per heavy atom. The lowest BCUT2D eigenvalue weighted by Crippen LogP contribution is -2.22. The molecule has 0 saturated heterocycles. The molecule has 0 saturated carbocycles. The summed E-state index contributed by atoms with van der Waals surface area (Å²) in [6.07, 6.45) is 0. The molecule has 0 atom stereocenters. The quantitative estimate of drug-likeness (QED) is 0.743. The topological polar surface area (TPSA) is 60.9 Å². The monoisotopic (exact) mass is 287 g/mol. The molecule has 3 aromatic heterocycles. The number of hydrogen-bond acceptors (Lipinski definition) is 5. The molecule has 102 valence electrons. The van der Waals surface area contributed by atoms with E-state index in [1.807, 2.05) is 26.0 Å². The van der Waals surface area contributed by atoms with E-state index in [2.05, 4.69) is 10.3 Å². The Bertz CT molecular complexity index is 801. The zero-order chi connectivity index (χ0) is 14.1. The Kier molecular flexibility index (Phi) is 3.23. The Labute approximate surface area is 119 Å². The van der Waals surface area contributed by atoms with E-state index in [1.165, 1.54) is 15.6 Å². The van der Waals surface area contributed by atoms with Crippen molar-refractivity contribution in [3.63, 3.8) is 0 Å². The maximum absolute atomic E-state index is 11.9. The van der Waals surface area contributed by atoms with Gasteiger partial charge in [0.15, 0.2) is 5.76 Å². The molecular formula is C14H13N3O2S. The van der Waals surface area contributed by atoms with Crippen molar-refractivity contribution in [1.82, 2.24) is 14.9 Å². The summed E-state index contributed by atoms with van der Waals surface area (Å²) in [6.45, 7) is 4.17. The first-order valence-corrected chi connectivity index (χ1v) is 7.00. The molecule has 0 fully saturated rings. The van der Waals surface area contributed by atoms with Crippen molar-refractivity contribution in [1.29, 1.82) is 0 Å². The van der Waals surface area contributed by atoms with Gasteiger partial charge in [0, 0.05) is 17.0 Å². The van der Waals surface area contributed by atoms with E-state index in [0.29, 0.717) is 5.76 Å². The minimum Gasteiger partial charge on any atom is -0.359 e. The van der Waals surface area contributed by atoms with Crippen LogP contribution in [0.15, 0.2) is 39.6 Å². The summed E-state index contributed by atoms with van der Waals surface area (Å²) >= 11 is 1.65. The SMILES string of the molecule is Cc1cc(Cn2nc(-c3ccc(C)s3)ccc2=O)on1. The molecule has 0 radical (unpaired) electrons. The summed E-state index contributed by atoms with van der Waals surface area (Å²) in [6, 6.07) is 9.12. The maximum Gasteiger partial charge on any atom is 0.267 e. The molecule has 0 unspecified atom stereocenters. The van der Waals surface area contributed by atoms with Crippen LogP contribution in [0.2, 0.25) is 0 Å². The molecule has 3 rings (SSSR count). The van der Waals surface area contributed by atoms with Gasteiger partial charge in [-0.2, -0.15) is 5.10 Å². The summed E-state index contributed by atoms with van der Waals surface area (Å²) in [5.74, 6) is 0.622. The molecule has 0 aliphatic carbocycles. The van der Waals surface area contributed by atoms with Crippen molar-refractivity contribution < 1.29 is 4.52 Å². The fraction of sp³-hybridized carbons (Fsp3) is 0.214. The number of thiophene rings is 1. The molecule has 0 bridgehead atoms. The van der Waals surface area contributed by atoms with Crippen molar-refractivity contribution in [2.24, 2.45) is 0 Å². The van der Waals surface area contributed by atoms with Gasteiger partial charge in [0.1, 0.15) is 12.2 Å². The Morgan fingerprint density at radius 3 is 2.75 bits per heavy atom.